The number of anilines is 1. The summed E-state index contributed by atoms with van der Waals surface area (Å²) in [5.41, 5.74) is 7.33. The Balaban J connectivity index is 2.27. The van der Waals surface area contributed by atoms with Gasteiger partial charge in [0.15, 0.2) is 15.5 Å². The summed E-state index contributed by atoms with van der Waals surface area (Å²) >= 11 is 5.90. The van der Waals surface area contributed by atoms with Gasteiger partial charge in [0.05, 0.1) is 15.8 Å². The lowest BCUT2D eigenvalue weighted by Crippen LogP contribution is -2.15. The average Bonchev–Trinajstić information content (AvgIpc) is 2.91. The van der Waals surface area contributed by atoms with Crippen molar-refractivity contribution in [1.82, 2.24) is 14.6 Å². The van der Waals surface area contributed by atoms with E-state index in [0.717, 1.165) is 0 Å². The number of nitrogens with two attached hydrogens (primary N) is 1. The van der Waals surface area contributed by atoms with E-state index in [2.05, 4.69) is 10.1 Å². The topological polar surface area (TPSA) is 90.3 Å². The summed E-state index contributed by atoms with van der Waals surface area (Å²) in [7, 11) is -3.44. The number of hydrogen-bond donors (Lipinski definition) is 1. The molecule has 8 heteroatoms. The van der Waals surface area contributed by atoms with Gasteiger partial charge in [0, 0.05) is 17.7 Å². The van der Waals surface area contributed by atoms with E-state index in [-0.39, 0.29) is 10.0 Å². The van der Waals surface area contributed by atoms with Crippen molar-refractivity contribution < 1.29 is 8.42 Å². The standard InChI is InChI=1S/C15H15ClN4O2S/c1-9(2)23(21,22)12-6-4-3-5-10(12)11-7-15-18-13(16)8-14(17)20(15)19-11/h3-9H,17H2,1-2H3. The SMILES string of the molecule is CC(C)S(=O)(=O)c1ccccc1-c1cc2nc(Cl)cc(N)n2n1. The van der Waals surface area contributed by atoms with Gasteiger partial charge < -0.3 is 5.73 Å². The van der Waals surface area contributed by atoms with Crippen LogP contribution in [0, 0.1) is 0 Å². The van der Waals surface area contributed by atoms with E-state index in [0.29, 0.717) is 22.7 Å². The van der Waals surface area contributed by atoms with Gasteiger partial charge in [0.1, 0.15) is 11.0 Å². The van der Waals surface area contributed by atoms with Crippen LogP contribution in [0.4, 0.5) is 5.82 Å². The first-order valence-electron chi connectivity index (χ1n) is 6.96. The molecule has 0 aliphatic carbocycles. The Morgan fingerprint density at radius 3 is 2.61 bits per heavy atom. The highest BCUT2D eigenvalue weighted by Gasteiger charge is 2.24. The third-order valence-electron chi connectivity index (χ3n) is 3.51. The number of rotatable bonds is 3. The van der Waals surface area contributed by atoms with Crippen molar-refractivity contribution >= 4 is 32.9 Å². The fourth-order valence-electron chi connectivity index (χ4n) is 2.28. The van der Waals surface area contributed by atoms with Gasteiger partial charge in [-0.1, -0.05) is 29.8 Å². The molecule has 0 unspecified atom stereocenters. The lowest BCUT2D eigenvalue weighted by Gasteiger charge is -2.11. The van der Waals surface area contributed by atoms with Gasteiger partial charge in [0.25, 0.3) is 0 Å². The predicted octanol–water partition coefficient (Wildman–Crippen LogP) is 2.81. The second kappa shape index (κ2) is 5.50. The molecule has 23 heavy (non-hydrogen) atoms. The van der Waals surface area contributed by atoms with Crippen LogP contribution in [0.2, 0.25) is 5.15 Å². The molecule has 2 N–H and O–H groups in total. The highest BCUT2D eigenvalue weighted by molar-refractivity contribution is 7.92. The van der Waals surface area contributed by atoms with E-state index in [9.17, 15) is 8.42 Å². The quantitative estimate of drug-likeness (QED) is 0.733. The first-order chi connectivity index (χ1) is 10.8. The van der Waals surface area contributed by atoms with Gasteiger partial charge in [-0.05, 0) is 19.9 Å². The minimum Gasteiger partial charge on any atom is -0.383 e. The summed E-state index contributed by atoms with van der Waals surface area (Å²) < 4.78 is 26.6. The van der Waals surface area contributed by atoms with Gasteiger partial charge >= 0.3 is 0 Å². The Kier molecular flexibility index (Phi) is 3.77. The molecule has 6 nitrogen and oxygen atoms in total. The number of nitrogens with zero attached hydrogens (tertiary/aromatic N) is 3. The summed E-state index contributed by atoms with van der Waals surface area (Å²) in [6, 6.07) is 9.91. The Morgan fingerprint density at radius 1 is 1.22 bits per heavy atom. The molecule has 0 saturated heterocycles. The number of sulfone groups is 1. The predicted molar refractivity (Wildman–Crippen MR) is 90.2 cm³/mol. The molecule has 2 heterocycles. The summed E-state index contributed by atoms with van der Waals surface area (Å²) in [4.78, 5) is 4.39. The number of halogens is 1. The molecule has 0 radical (unpaired) electrons. The third-order valence-corrected chi connectivity index (χ3v) is 5.92. The smallest absolute Gasteiger partial charge is 0.181 e. The molecule has 0 saturated carbocycles. The van der Waals surface area contributed by atoms with Crippen molar-refractivity contribution in [3.63, 3.8) is 0 Å². The van der Waals surface area contributed by atoms with E-state index in [4.69, 9.17) is 17.3 Å². The van der Waals surface area contributed by atoms with Crippen LogP contribution < -0.4 is 5.73 Å². The fraction of sp³-hybridized carbons (Fsp3) is 0.200. The zero-order valence-corrected chi connectivity index (χ0v) is 14.1. The van der Waals surface area contributed by atoms with E-state index < -0.39 is 15.1 Å². The van der Waals surface area contributed by atoms with Crippen LogP contribution in [0.5, 0.6) is 0 Å². The van der Waals surface area contributed by atoms with Gasteiger partial charge in [-0.2, -0.15) is 9.61 Å². The summed E-state index contributed by atoms with van der Waals surface area (Å²) in [5.74, 6) is 0.329. The van der Waals surface area contributed by atoms with Gasteiger partial charge in [-0.15, -0.1) is 0 Å². The minimum absolute atomic E-state index is 0.239. The lowest BCUT2D eigenvalue weighted by molar-refractivity contribution is 0.587. The zero-order valence-electron chi connectivity index (χ0n) is 12.6. The molecule has 0 fully saturated rings. The molecule has 3 aromatic rings. The van der Waals surface area contributed by atoms with Crippen LogP contribution in [0.25, 0.3) is 16.9 Å². The van der Waals surface area contributed by atoms with Crippen molar-refractivity contribution in [3.05, 3.63) is 41.6 Å². The van der Waals surface area contributed by atoms with Gasteiger partial charge in [-0.25, -0.2) is 13.4 Å². The molecule has 1 aromatic carbocycles. The van der Waals surface area contributed by atoms with Crippen molar-refractivity contribution in [2.45, 2.75) is 24.0 Å². The summed E-state index contributed by atoms with van der Waals surface area (Å²) in [6.07, 6.45) is 0. The van der Waals surface area contributed by atoms with Crippen LogP contribution in [-0.2, 0) is 9.84 Å². The van der Waals surface area contributed by atoms with Crippen molar-refractivity contribution in [3.8, 4) is 11.3 Å². The van der Waals surface area contributed by atoms with Crippen molar-refractivity contribution in [2.24, 2.45) is 0 Å². The summed E-state index contributed by atoms with van der Waals surface area (Å²) in [6.45, 7) is 3.30. The first kappa shape index (κ1) is 15.8. The second-order valence-corrected chi connectivity index (χ2v) is 8.25. The molecular formula is C15H15ClN4O2S. The molecule has 0 bridgehead atoms. The number of fused-ring (bicyclic) bond motifs is 1. The van der Waals surface area contributed by atoms with E-state index in [1.54, 1.807) is 44.2 Å². The molecule has 0 aliphatic rings. The van der Waals surface area contributed by atoms with E-state index >= 15 is 0 Å². The van der Waals surface area contributed by atoms with E-state index in [1.807, 2.05) is 0 Å². The number of benzene rings is 1. The molecule has 0 atom stereocenters. The van der Waals surface area contributed by atoms with Crippen LogP contribution in [-0.4, -0.2) is 28.3 Å². The summed E-state index contributed by atoms with van der Waals surface area (Å²) in [5, 5.41) is 4.09. The molecule has 120 valence electrons. The minimum atomic E-state index is -3.44. The molecule has 2 aromatic heterocycles. The first-order valence-corrected chi connectivity index (χ1v) is 8.88. The second-order valence-electron chi connectivity index (χ2n) is 5.39. The third kappa shape index (κ3) is 2.66. The fourth-order valence-corrected chi connectivity index (χ4v) is 3.73. The van der Waals surface area contributed by atoms with Gasteiger partial charge in [-0.3, -0.25) is 0 Å². The molecule has 0 aliphatic heterocycles. The number of aromatic nitrogens is 3. The van der Waals surface area contributed by atoms with Crippen molar-refractivity contribution in [1.29, 1.82) is 0 Å². The van der Waals surface area contributed by atoms with Crippen LogP contribution in [0.15, 0.2) is 41.3 Å². The molecule has 0 amide bonds. The molecule has 3 rings (SSSR count). The molecular weight excluding hydrogens is 336 g/mol. The Morgan fingerprint density at radius 2 is 1.91 bits per heavy atom. The maximum Gasteiger partial charge on any atom is 0.181 e. The maximum absolute atomic E-state index is 12.6. The average molecular weight is 351 g/mol. The number of nitrogen functional groups attached to an aromatic ring is 1. The lowest BCUT2D eigenvalue weighted by atomic mass is 10.1. The van der Waals surface area contributed by atoms with E-state index in [1.165, 1.54) is 10.6 Å². The molecule has 0 spiro atoms. The highest BCUT2D eigenvalue weighted by Crippen LogP contribution is 2.30. The Labute approximate surface area is 138 Å². The Hall–Kier alpha value is -2.12. The normalized spacial score (nSPS) is 12.2. The largest absolute Gasteiger partial charge is 0.383 e. The van der Waals surface area contributed by atoms with Crippen molar-refractivity contribution in [2.75, 3.05) is 5.73 Å². The number of hydrogen-bond acceptors (Lipinski definition) is 5. The maximum atomic E-state index is 12.6. The highest BCUT2D eigenvalue weighted by atomic mass is 35.5. The monoisotopic (exact) mass is 350 g/mol. The Bertz CT molecular complexity index is 996. The van der Waals surface area contributed by atoms with Gasteiger partial charge in [0.2, 0.25) is 0 Å². The van der Waals surface area contributed by atoms with Crippen LogP contribution in [0.1, 0.15) is 13.8 Å². The zero-order chi connectivity index (χ0) is 16.8. The van der Waals surface area contributed by atoms with Crippen LogP contribution in [0.3, 0.4) is 0 Å². The van der Waals surface area contributed by atoms with Crippen LogP contribution >= 0.6 is 11.6 Å².